The van der Waals surface area contributed by atoms with Crippen molar-refractivity contribution in [3.63, 3.8) is 0 Å². The highest BCUT2D eigenvalue weighted by Crippen LogP contribution is 2.18. The van der Waals surface area contributed by atoms with E-state index in [0.29, 0.717) is 11.6 Å². The van der Waals surface area contributed by atoms with Gasteiger partial charge in [0.05, 0.1) is 6.54 Å². The number of hydrogen-bond donors (Lipinski definition) is 0. The van der Waals surface area contributed by atoms with E-state index in [0.717, 1.165) is 16.2 Å². The van der Waals surface area contributed by atoms with Crippen LogP contribution in [-0.2, 0) is 6.54 Å². The zero-order valence-corrected chi connectivity index (χ0v) is 10.8. The van der Waals surface area contributed by atoms with E-state index in [1.54, 1.807) is 23.3 Å². The summed E-state index contributed by atoms with van der Waals surface area (Å²) >= 11 is 8.34. The van der Waals surface area contributed by atoms with Crippen LogP contribution in [-0.4, -0.2) is 28.1 Å². The lowest BCUT2D eigenvalue weighted by Crippen LogP contribution is -2.25. The van der Waals surface area contributed by atoms with Crippen LogP contribution in [0.25, 0.3) is 0 Å². The fourth-order valence-electron chi connectivity index (χ4n) is 1.16. The maximum Gasteiger partial charge on any atom is 0.284 e. The fraction of sp³-hybridized carbons (Fsp3) is 0.222. The van der Waals surface area contributed by atoms with E-state index in [4.69, 9.17) is 11.6 Å². The van der Waals surface area contributed by atoms with Crippen LogP contribution in [0.15, 0.2) is 17.5 Å². The monoisotopic (exact) mass is 273 g/mol. The summed E-state index contributed by atoms with van der Waals surface area (Å²) < 4.78 is 0.285. The molecule has 0 radical (unpaired) electrons. The fourth-order valence-corrected chi connectivity index (χ4v) is 2.74. The third kappa shape index (κ3) is 2.58. The van der Waals surface area contributed by atoms with Crippen molar-refractivity contribution in [1.82, 2.24) is 15.1 Å². The van der Waals surface area contributed by atoms with Crippen LogP contribution < -0.4 is 0 Å². The molecule has 1 amide bonds. The molecule has 0 saturated carbocycles. The number of nitrogens with zero attached hydrogens (tertiary/aromatic N) is 3. The molecule has 0 unspecified atom stereocenters. The van der Waals surface area contributed by atoms with E-state index in [1.807, 2.05) is 17.5 Å². The predicted molar refractivity (Wildman–Crippen MR) is 65.0 cm³/mol. The Hall–Kier alpha value is -0.980. The molecule has 4 nitrogen and oxygen atoms in total. The zero-order chi connectivity index (χ0) is 11.5. The van der Waals surface area contributed by atoms with Crippen LogP contribution in [0.1, 0.15) is 14.7 Å². The number of amides is 1. The largest absolute Gasteiger partial charge is 0.334 e. The summed E-state index contributed by atoms with van der Waals surface area (Å²) in [4.78, 5) is 14.6. The van der Waals surface area contributed by atoms with Gasteiger partial charge in [-0.05, 0) is 23.0 Å². The van der Waals surface area contributed by atoms with Gasteiger partial charge in [-0.2, -0.15) is 0 Å². The minimum atomic E-state index is -0.155. The minimum Gasteiger partial charge on any atom is -0.334 e. The number of rotatable bonds is 3. The molecule has 0 fully saturated rings. The van der Waals surface area contributed by atoms with E-state index in [-0.39, 0.29) is 10.4 Å². The summed E-state index contributed by atoms with van der Waals surface area (Å²) in [5.41, 5.74) is 0. The Labute approximate surface area is 105 Å². The predicted octanol–water partition coefficient (Wildman–Crippen LogP) is 2.53. The van der Waals surface area contributed by atoms with Gasteiger partial charge in [0.1, 0.15) is 0 Å². The standard InChI is InChI=1S/C9H8ClN3OS2/c1-13(5-6-3-2-4-15-6)8(14)7-11-12-9(10)16-7/h2-4H,5H2,1H3. The van der Waals surface area contributed by atoms with Gasteiger partial charge in [-0.1, -0.05) is 17.4 Å². The van der Waals surface area contributed by atoms with Crippen molar-refractivity contribution in [2.75, 3.05) is 7.05 Å². The van der Waals surface area contributed by atoms with Crippen molar-refractivity contribution in [3.8, 4) is 0 Å². The first kappa shape index (κ1) is 11.5. The maximum atomic E-state index is 11.9. The van der Waals surface area contributed by atoms with Gasteiger partial charge in [-0.3, -0.25) is 4.79 Å². The quantitative estimate of drug-likeness (QED) is 0.863. The van der Waals surface area contributed by atoms with E-state index in [2.05, 4.69) is 10.2 Å². The van der Waals surface area contributed by atoms with Crippen LogP contribution in [0.4, 0.5) is 0 Å². The lowest BCUT2D eigenvalue weighted by atomic mass is 10.4. The SMILES string of the molecule is CN(Cc1cccs1)C(=O)c1nnc(Cl)s1. The molecule has 84 valence electrons. The summed E-state index contributed by atoms with van der Waals surface area (Å²) in [5, 5.41) is 9.63. The molecule has 0 aliphatic heterocycles. The molecule has 2 rings (SSSR count). The van der Waals surface area contributed by atoms with Crippen LogP contribution in [0.2, 0.25) is 4.47 Å². The second-order valence-electron chi connectivity index (χ2n) is 3.10. The summed E-state index contributed by atoms with van der Waals surface area (Å²) in [7, 11) is 1.73. The topological polar surface area (TPSA) is 46.1 Å². The van der Waals surface area contributed by atoms with Crippen LogP contribution in [0.3, 0.4) is 0 Å². The van der Waals surface area contributed by atoms with Crippen molar-refractivity contribution in [3.05, 3.63) is 31.9 Å². The lowest BCUT2D eigenvalue weighted by molar-refractivity contribution is 0.0785. The Balaban J connectivity index is 2.05. The second-order valence-corrected chi connectivity index (χ2v) is 5.69. The van der Waals surface area contributed by atoms with Crippen molar-refractivity contribution >= 4 is 40.2 Å². The number of aromatic nitrogens is 2. The molecule has 0 aromatic carbocycles. The summed E-state index contributed by atoms with van der Waals surface area (Å²) in [6, 6.07) is 3.95. The Morgan fingerprint density at radius 3 is 2.94 bits per heavy atom. The van der Waals surface area contributed by atoms with Gasteiger partial charge in [-0.25, -0.2) is 0 Å². The van der Waals surface area contributed by atoms with E-state index < -0.39 is 0 Å². The van der Waals surface area contributed by atoms with Crippen LogP contribution in [0, 0.1) is 0 Å². The average Bonchev–Trinajstić information content (AvgIpc) is 2.88. The molecular formula is C9H8ClN3OS2. The molecule has 0 aliphatic rings. The smallest absolute Gasteiger partial charge is 0.284 e. The van der Waals surface area contributed by atoms with Gasteiger partial charge in [0.2, 0.25) is 9.47 Å². The van der Waals surface area contributed by atoms with E-state index in [9.17, 15) is 4.79 Å². The molecule has 0 bridgehead atoms. The normalized spacial score (nSPS) is 10.4. The molecule has 0 atom stereocenters. The third-order valence-electron chi connectivity index (χ3n) is 1.90. The first-order valence-electron chi connectivity index (χ1n) is 4.43. The molecule has 0 aliphatic carbocycles. The first-order valence-corrected chi connectivity index (χ1v) is 6.51. The Bertz CT molecular complexity index is 483. The molecule has 0 spiro atoms. The summed E-state index contributed by atoms with van der Waals surface area (Å²) in [6.07, 6.45) is 0. The minimum absolute atomic E-state index is 0.155. The highest BCUT2D eigenvalue weighted by molar-refractivity contribution is 7.17. The molecular weight excluding hydrogens is 266 g/mol. The van der Waals surface area contributed by atoms with Gasteiger partial charge in [0.25, 0.3) is 5.91 Å². The van der Waals surface area contributed by atoms with E-state index in [1.165, 1.54) is 0 Å². The number of carbonyl (C=O) groups excluding carboxylic acids is 1. The molecule has 7 heteroatoms. The zero-order valence-electron chi connectivity index (χ0n) is 8.38. The Morgan fingerprint density at radius 1 is 1.56 bits per heavy atom. The molecule has 2 aromatic rings. The number of carbonyl (C=O) groups is 1. The van der Waals surface area contributed by atoms with Gasteiger partial charge in [0.15, 0.2) is 0 Å². The summed E-state index contributed by atoms with van der Waals surface area (Å²) in [5.74, 6) is -0.155. The summed E-state index contributed by atoms with van der Waals surface area (Å²) in [6.45, 7) is 0.577. The van der Waals surface area contributed by atoms with Gasteiger partial charge in [0, 0.05) is 11.9 Å². The molecule has 0 saturated heterocycles. The van der Waals surface area contributed by atoms with Crippen molar-refractivity contribution in [2.24, 2.45) is 0 Å². The third-order valence-corrected chi connectivity index (χ3v) is 3.77. The Kier molecular flexibility index (Phi) is 3.52. The van der Waals surface area contributed by atoms with Crippen molar-refractivity contribution in [2.45, 2.75) is 6.54 Å². The highest BCUT2D eigenvalue weighted by Gasteiger charge is 2.17. The van der Waals surface area contributed by atoms with Crippen LogP contribution in [0.5, 0.6) is 0 Å². The molecule has 0 N–H and O–H groups in total. The van der Waals surface area contributed by atoms with Gasteiger partial charge < -0.3 is 4.90 Å². The number of halogens is 1. The first-order chi connectivity index (χ1) is 7.66. The number of hydrogen-bond acceptors (Lipinski definition) is 5. The lowest BCUT2D eigenvalue weighted by Gasteiger charge is -2.13. The van der Waals surface area contributed by atoms with E-state index >= 15 is 0 Å². The van der Waals surface area contributed by atoms with Crippen molar-refractivity contribution < 1.29 is 4.79 Å². The van der Waals surface area contributed by atoms with Crippen molar-refractivity contribution in [1.29, 1.82) is 0 Å². The van der Waals surface area contributed by atoms with Gasteiger partial charge >= 0.3 is 0 Å². The average molecular weight is 274 g/mol. The molecule has 2 heterocycles. The molecule has 2 aromatic heterocycles. The number of thiophene rings is 1. The van der Waals surface area contributed by atoms with Gasteiger partial charge in [-0.15, -0.1) is 21.5 Å². The highest BCUT2D eigenvalue weighted by atomic mass is 35.5. The second kappa shape index (κ2) is 4.90. The Morgan fingerprint density at radius 2 is 2.38 bits per heavy atom. The maximum absolute atomic E-state index is 11.9. The van der Waals surface area contributed by atoms with Crippen LogP contribution >= 0.6 is 34.3 Å². The molecule has 16 heavy (non-hydrogen) atoms.